The lowest BCUT2D eigenvalue weighted by Crippen LogP contribution is -2.43. The minimum Gasteiger partial charge on any atom is -0.352 e. The van der Waals surface area contributed by atoms with Crippen LogP contribution in [0.5, 0.6) is 0 Å². The van der Waals surface area contributed by atoms with Gasteiger partial charge in [-0.3, -0.25) is 4.79 Å². The first-order valence-electron chi connectivity index (χ1n) is 8.21. The third-order valence-corrected chi connectivity index (χ3v) is 5.03. The lowest BCUT2D eigenvalue weighted by atomic mass is 9.79. The molecule has 0 spiro atoms. The zero-order valence-corrected chi connectivity index (χ0v) is 12.6. The van der Waals surface area contributed by atoms with Gasteiger partial charge in [0.2, 0.25) is 5.91 Å². The number of hydrogen-bond donors (Lipinski definition) is 2. The molecule has 2 fully saturated rings. The lowest BCUT2D eigenvalue weighted by Gasteiger charge is -2.29. The molecule has 2 rings (SSSR count). The number of rotatable bonds is 5. The Morgan fingerprint density at radius 1 is 1.21 bits per heavy atom. The van der Waals surface area contributed by atoms with Gasteiger partial charge in [0.1, 0.15) is 0 Å². The quantitative estimate of drug-likeness (QED) is 0.803. The maximum Gasteiger partial charge on any atom is 0.223 e. The lowest BCUT2D eigenvalue weighted by molar-refractivity contribution is -0.127. The molecule has 1 saturated carbocycles. The van der Waals surface area contributed by atoms with Gasteiger partial charge in [-0.25, -0.2) is 0 Å². The summed E-state index contributed by atoms with van der Waals surface area (Å²) in [6, 6.07) is 0.352. The van der Waals surface area contributed by atoms with Crippen molar-refractivity contribution < 1.29 is 4.79 Å². The van der Waals surface area contributed by atoms with Gasteiger partial charge in [0.05, 0.1) is 0 Å². The Labute approximate surface area is 117 Å². The summed E-state index contributed by atoms with van der Waals surface area (Å²) in [7, 11) is 0. The molecule has 0 aromatic heterocycles. The van der Waals surface area contributed by atoms with E-state index in [1.54, 1.807) is 0 Å². The molecule has 3 nitrogen and oxygen atoms in total. The van der Waals surface area contributed by atoms with Gasteiger partial charge in [-0.15, -0.1) is 0 Å². The van der Waals surface area contributed by atoms with Crippen LogP contribution in [-0.4, -0.2) is 25.0 Å². The molecule has 2 atom stereocenters. The second kappa shape index (κ2) is 7.28. The first-order chi connectivity index (χ1) is 9.20. The number of carbonyl (C=O) groups excluding carboxylic acids is 1. The van der Waals surface area contributed by atoms with E-state index in [0.29, 0.717) is 17.9 Å². The van der Waals surface area contributed by atoms with Crippen LogP contribution < -0.4 is 10.6 Å². The Morgan fingerprint density at radius 2 is 1.95 bits per heavy atom. The van der Waals surface area contributed by atoms with Gasteiger partial charge in [0.15, 0.2) is 0 Å². The summed E-state index contributed by atoms with van der Waals surface area (Å²) in [5, 5.41) is 6.60. The van der Waals surface area contributed by atoms with Gasteiger partial charge >= 0.3 is 0 Å². The van der Waals surface area contributed by atoms with E-state index >= 15 is 0 Å². The van der Waals surface area contributed by atoms with Crippen molar-refractivity contribution in [2.45, 2.75) is 64.8 Å². The van der Waals surface area contributed by atoms with Gasteiger partial charge < -0.3 is 10.6 Å². The largest absolute Gasteiger partial charge is 0.352 e. The summed E-state index contributed by atoms with van der Waals surface area (Å²) in [5.41, 5.74) is 0. The van der Waals surface area contributed by atoms with E-state index in [0.717, 1.165) is 31.8 Å². The standard InChI is InChI=1S/C16H30N2O/c1-3-4-5-13-6-8-14(9-7-13)16(19)18-15-11-17-10-12(15)2/h12-15,17H,3-11H2,1-2H3,(H,18,19). The molecule has 110 valence electrons. The van der Waals surface area contributed by atoms with Crippen LogP contribution >= 0.6 is 0 Å². The fourth-order valence-electron chi connectivity index (χ4n) is 3.51. The molecule has 2 unspecified atom stereocenters. The molecular formula is C16H30N2O. The number of amides is 1. The van der Waals surface area contributed by atoms with Crippen LogP contribution in [0, 0.1) is 17.8 Å². The predicted octanol–water partition coefficient (Wildman–Crippen LogP) is 2.71. The second-order valence-corrected chi connectivity index (χ2v) is 6.61. The van der Waals surface area contributed by atoms with Crippen molar-refractivity contribution >= 4 is 5.91 Å². The maximum atomic E-state index is 12.3. The van der Waals surface area contributed by atoms with Gasteiger partial charge in [-0.2, -0.15) is 0 Å². The van der Waals surface area contributed by atoms with Crippen LogP contribution in [-0.2, 0) is 4.79 Å². The molecule has 0 bridgehead atoms. The Bertz CT molecular complexity index is 284. The van der Waals surface area contributed by atoms with Crippen molar-refractivity contribution in [3.8, 4) is 0 Å². The topological polar surface area (TPSA) is 41.1 Å². The summed E-state index contributed by atoms with van der Waals surface area (Å²) >= 11 is 0. The Balaban J connectivity index is 1.70. The normalized spacial score (nSPS) is 35.3. The fraction of sp³-hybridized carbons (Fsp3) is 0.938. The highest BCUT2D eigenvalue weighted by Gasteiger charge is 2.30. The zero-order valence-electron chi connectivity index (χ0n) is 12.6. The predicted molar refractivity (Wildman–Crippen MR) is 78.9 cm³/mol. The number of nitrogens with one attached hydrogen (secondary N) is 2. The highest BCUT2D eigenvalue weighted by atomic mass is 16.1. The number of hydrogen-bond acceptors (Lipinski definition) is 2. The third-order valence-electron chi connectivity index (χ3n) is 5.03. The van der Waals surface area contributed by atoms with E-state index in [9.17, 15) is 4.79 Å². The van der Waals surface area contributed by atoms with Gasteiger partial charge in [0.25, 0.3) is 0 Å². The van der Waals surface area contributed by atoms with Crippen molar-refractivity contribution in [3.63, 3.8) is 0 Å². The molecule has 1 heterocycles. The average molecular weight is 266 g/mol. The van der Waals surface area contributed by atoms with Gasteiger partial charge in [-0.05, 0) is 44.1 Å². The second-order valence-electron chi connectivity index (χ2n) is 6.61. The molecule has 19 heavy (non-hydrogen) atoms. The van der Waals surface area contributed by atoms with Crippen molar-refractivity contribution in [1.29, 1.82) is 0 Å². The molecule has 0 radical (unpaired) electrons. The molecule has 1 aliphatic carbocycles. The summed E-state index contributed by atoms with van der Waals surface area (Å²) in [6.07, 6.45) is 8.75. The van der Waals surface area contributed by atoms with Crippen LogP contribution in [0.15, 0.2) is 0 Å². The monoisotopic (exact) mass is 266 g/mol. The zero-order chi connectivity index (χ0) is 13.7. The summed E-state index contributed by atoms with van der Waals surface area (Å²) in [6.45, 7) is 6.45. The van der Waals surface area contributed by atoms with E-state index in [4.69, 9.17) is 0 Å². The fourth-order valence-corrected chi connectivity index (χ4v) is 3.51. The number of unbranched alkanes of at least 4 members (excludes halogenated alkanes) is 1. The van der Waals surface area contributed by atoms with E-state index in [2.05, 4.69) is 24.5 Å². The summed E-state index contributed by atoms with van der Waals surface area (Å²) in [4.78, 5) is 12.3. The van der Waals surface area contributed by atoms with Gasteiger partial charge in [0, 0.05) is 18.5 Å². The first-order valence-corrected chi connectivity index (χ1v) is 8.21. The molecule has 2 aliphatic rings. The maximum absolute atomic E-state index is 12.3. The Kier molecular flexibility index (Phi) is 5.68. The Hall–Kier alpha value is -0.570. The van der Waals surface area contributed by atoms with Crippen molar-refractivity contribution in [2.75, 3.05) is 13.1 Å². The molecular weight excluding hydrogens is 236 g/mol. The molecule has 3 heteroatoms. The molecule has 0 aromatic rings. The molecule has 1 saturated heterocycles. The van der Waals surface area contributed by atoms with Crippen molar-refractivity contribution in [2.24, 2.45) is 17.8 Å². The van der Waals surface area contributed by atoms with E-state index in [1.807, 2.05) is 0 Å². The van der Waals surface area contributed by atoms with Crippen LogP contribution in [0.25, 0.3) is 0 Å². The molecule has 2 N–H and O–H groups in total. The highest BCUT2D eigenvalue weighted by Crippen LogP contribution is 2.32. The summed E-state index contributed by atoms with van der Waals surface area (Å²) < 4.78 is 0. The van der Waals surface area contributed by atoms with Crippen molar-refractivity contribution in [1.82, 2.24) is 10.6 Å². The van der Waals surface area contributed by atoms with Crippen LogP contribution in [0.2, 0.25) is 0 Å². The number of carbonyl (C=O) groups is 1. The average Bonchev–Trinajstić information content (AvgIpc) is 2.82. The highest BCUT2D eigenvalue weighted by molar-refractivity contribution is 5.79. The van der Waals surface area contributed by atoms with E-state index in [1.165, 1.54) is 32.1 Å². The first kappa shape index (κ1) is 14.8. The van der Waals surface area contributed by atoms with Gasteiger partial charge in [-0.1, -0.05) is 33.1 Å². The molecule has 1 amide bonds. The smallest absolute Gasteiger partial charge is 0.223 e. The van der Waals surface area contributed by atoms with Crippen LogP contribution in [0.1, 0.15) is 58.8 Å². The SMILES string of the molecule is CCCCC1CCC(C(=O)NC2CNCC2C)CC1. The minimum absolute atomic E-state index is 0.283. The van der Waals surface area contributed by atoms with E-state index in [-0.39, 0.29) is 5.92 Å². The third kappa shape index (κ3) is 4.20. The minimum atomic E-state index is 0.283. The molecule has 0 aromatic carbocycles. The molecule has 1 aliphatic heterocycles. The van der Waals surface area contributed by atoms with Crippen molar-refractivity contribution in [3.05, 3.63) is 0 Å². The summed E-state index contributed by atoms with van der Waals surface area (Å²) in [5.74, 6) is 2.06. The Morgan fingerprint density at radius 3 is 2.53 bits per heavy atom. The van der Waals surface area contributed by atoms with Crippen LogP contribution in [0.4, 0.5) is 0 Å². The van der Waals surface area contributed by atoms with Crippen LogP contribution in [0.3, 0.4) is 0 Å². The van der Waals surface area contributed by atoms with E-state index < -0.39 is 0 Å².